The molecule has 0 saturated heterocycles. The molecule has 2 N–H and O–H groups in total. The summed E-state index contributed by atoms with van der Waals surface area (Å²) in [6, 6.07) is 4.55. The largest absolute Gasteiger partial charge is 0.391 e. The SMILES string of the molecule is CC(C)C(O)CNS(=O)(=O)c1ccc([N+](=O)[O-])cc1. The number of nitrogens with one attached hydrogen (secondary N) is 1. The number of aliphatic hydroxyl groups is 1. The number of benzene rings is 1. The van der Waals surface area contributed by atoms with Gasteiger partial charge >= 0.3 is 0 Å². The summed E-state index contributed by atoms with van der Waals surface area (Å²) in [5, 5.41) is 20.0. The normalized spacial score (nSPS) is 13.5. The van der Waals surface area contributed by atoms with Gasteiger partial charge in [0, 0.05) is 18.7 Å². The molecule has 19 heavy (non-hydrogen) atoms. The van der Waals surface area contributed by atoms with E-state index >= 15 is 0 Å². The average molecular weight is 288 g/mol. The predicted octanol–water partition coefficient (Wildman–Crippen LogP) is 0.890. The van der Waals surface area contributed by atoms with E-state index in [4.69, 9.17) is 0 Å². The molecule has 0 aliphatic rings. The average Bonchev–Trinajstić information content (AvgIpc) is 2.36. The molecule has 1 aromatic rings. The van der Waals surface area contributed by atoms with Gasteiger partial charge in [0.05, 0.1) is 15.9 Å². The van der Waals surface area contributed by atoms with Crippen LogP contribution >= 0.6 is 0 Å². The van der Waals surface area contributed by atoms with Crippen LogP contribution in [0, 0.1) is 16.0 Å². The molecule has 0 aliphatic carbocycles. The van der Waals surface area contributed by atoms with Crippen LogP contribution in [0.3, 0.4) is 0 Å². The molecule has 0 aliphatic heterocycles. The van der Waals surface area contributed by atoms with Crippen molar-refractivity contribution in [1.82, 2.24) is 4.72 Å². The van der Waals surface area contributed by atoms with Crippen LogP contribution in [0.15, 0.2) is 29.2 Å². The topological polar surface area (TPSA) is 110 Å². The minimum atomic E-state index is -3.76. The predicted molar refractivity (Wildman–Crippen MR) is 69.1 cm³/mol. The molecule has 0 radical (unpaired) electrons. The second-order valence-electron chi connectivity index (χ2n) is 4.41. The minimum absolute atomic E-state index is 0.0699. The smallest absolute Gasteiger partial charge is 0.269 e. The molecular weight excluding hydrogens is 272 g/mol. The van der Waals surface area contributed by atoms with Crippen molar-refractivity contribution in [3.63, 3.8) is 0 Å². The fourth-order valence-electron chi connectivity index (χ4n) is 1.26. The number of nitrogens with zero attached hydrogens (tertiary/aromatic N) is 1. The summed E-state index contributed by atoms with van der Waals surface area (Å²) in [6.45, 7) is 3.44. The number of hydrogen-bond acceptors (Lipinski definition) is 5. The molecule has 0 saturated carbocycles. The number of nitro benzene ring substituents is 1. The molecule has 0 spiro atoms. The van der Waals surface area contributed by atoms with Gasteiger partial charge in [-0.15, -0.1) is 0 Å². The Morgan fingerprint density at radius 2 is 1.84 bits per heavy atom. The Kier molecular flexibility index (Phi) is 4.98. The van der Waals surface area contributed by atoms with Crippen molar-refractivity contribution in [2.24, 2.45) is 5.92 Å². The van der Waals surface area contributed by atoms with Gasteiger partial charge in [-0.05, 0) is 18.1 Å². The first-order chi connectivity index (χ1) is 8.74. The fraction of sp³-hybridized carbons (Fsp3) is 0.455. The fourth-order valence-corrected chi connectivity index (χ4v) is 2.31. The zero-order valence-electron chi connectivity index (χ0n) is 10.6. The summed E-state index contributed by atoms with van der Waals surface area (Å²) >= 11 is 0. The first kappa shape index (κ1) is 15.5. The van der Waals surface area contributed by atoms with Crippen LogP contribution in [0.1, 0.15) is 13.8 Å². The quantitative estimate of drug-likeness (QED) is 0.596. The van der Waals surface area contributed by atoms with E-state index < -0.39 is 21.1 Å². The first-order valence-electron chi connectivity index (χ1n) is 5.66. The summed E-state index contributed by atoms with van der Waals surface area (Å²) in [7, 11) is -3.76. The number of nitro groups is 1. The van der Waals surface area contributed by atoms with Crippen LogP contribution < -0.4 is 4.72 Å². The van der Waals surface area contributed by atoms with Crippen molar-refractivity contribution in [3.05, 3.63) is 34.4 Å². The van der Waals surface area contributed by atoms with Gasteiger partial charge in [-0.2, -0.15) is 0 Å². The molecule has 0 aromatic heterocycles. The summed E-state index contributed by atoms with van der Waals surface area (Å²) in [6.07, 6.45) is -0.784. The summed E-state index contributed by atoms with van der Waals surface area (Å²) < 4.78 is 26.0. The van der Waals surface area contributed by atoms with Gasteiger partial charge in [0.25, 0.3) is 5.69 Å². The molecular formula is C11H16N2O5S. The van der Waals surface area contributed by atoms with E-state index in [1.165, 1.54) is 0 Å². The van der Waals surface area contributed by atoms with Crippen molar-refractivity contribution in [2.75, 3.05) is 6.54 Å². The molecule has 0 bridgehead atoms. The maximum Gasteiger partial charge on any atom is 0.269 e. The van der Waals surface area contributed by atoms with Gasteiger partial charge in [-0.3, -0.25) is 10.1 Å². The summed E-state index contributed by atoms with van der Waals surface area (Å²) in [5.41, 5.74) is -0.179. The number of non-ortho nitro benzene ring substituents is 1. The van der Waals surface area contributed by atoms with Crippen LogP contribution in [0.5, 0.6) is 0 Å². The van der Waals surface area contributed by atoms with E-state index in [2.05, 4.69) is 4.72 Å². The molecule has 0 heterocycles. The second-order valence-corrected chi connectivity index (χ2v) is 6.18. The molecule has 1 unspecified atom stereocenters. The monoisotopic (exact) mass is 288 g/mol. The third kappa shape index (κ3) is 4.27. The Hall–Kier alpha value is -1.51. The van der Waals surface area contributed by atoms with Crippen LogP contribution in [-0.4, -0.2) is 31.1 Å². The number of aliphatic hydroxyl groups excluding tert-OH is 1. The van der Waals surface area contributed by atoms with Gasteiger partial charge in [-0.25, -0.2) is 13.1 Å². The Balaban J connectivity index is 2.80. The maximum atomic E-state index is 11.8. The van der Waals surface area contributed by atoms with Crippen molar-refractivity contribution in [2.45, 2.75) is 24.8 Å². The molecule has 0 amide bonds. The molecule has 106 valence electrons. The van der Waals surface area contributed by atoms with Gasteiger partial charge < -0.3 is 5.11 Å². The number of rotatable bonds is 6. The van der Waals surface area contributed by atoms with E-state index in [0.717, 1.165) is 24.3 Å². The number of hydrogen-bond donors (Lipinski definition) is 2. The van der Waals surface area contributed by atoms with Gasteiger partial charge in [0.1, 0.15) is 0 Å². The first-order valence-corrected chi connectivity index (χ1v) is 7.14. The van der Waals surface area contributed by atoms with Crippen molar-refractivity contribution >= 4 is 15.7 Å². The van der Waals surface area contributed by atoms with E-state index in [-0.39, 0.29) is 23.0 Å². The Labute approximate surface area is 111 Å². The Morgan fingerprint density at radius 3 is 2.26 bits per heavy atom. The third-order valence-corrected chi connectivity index (χ3v) is 4.05. The van der Waals surface area contributed by atoms with Crippen molar-refractivity contribution in [1.29, 1.82) is 0 Å². The lowest BCUT2D eigenvalue weighted by atomic mass is 10.1. The minimum Gasteiger partial charge on any atom is -0.391 e. The van der Waals surface area contributed by atoms with Crippen LogP contribution in [0.4, 0.5) is 5.69 Å². The van der Waals surface area contributed by atoms with Crippen LogP contribution in [0.25, 0.3) is 0 Å². The lowest BCUT2D eigenvalue weighted by molar-refractivity contribution is -0.384. The van der Waals surface area contributed by atoms with Crippen molar-refractivity contribution in [3.8, 4) is 0 Å². The number of sulfonamides is 1. The van der Waals surface area contributed by atoms with E-state index in [9.17, 15) is 23.6 Å². The highest BCUT2D eigenvalue weighted by Gasteiger charge is 2.18. The van der Waals surface area contributed by atoms with E-state index in [1.807, 2.05) is 0 Å². The molecule has 7 nitrogen and oxygen atoms in total. The highest BCUT2D eigenvalue weighted by Crippen LogP contribution is 2.15. The van der Waals surface area contributed by atoms with E-state index in [0.29, 0.717) is 0 Å². The Morgan fingerprint density at radius 1 is 1.32 bits per heavy atom. The third-order valence-electron chi connectivity index (χ3n) is 2.61. The highest BCUT2D eigenvalue weighted by molar-refractivity contribution is 7.89. The van der Waals surface area contributed by atoms with Crippen molar-refractivity contribution < 1.29 is 18.4 Å². The van der Waals surface area contributed by atoms with Crippen LogP contribution in [0.2, 0.25) is 0 Å². The maximum absolute atomic E-state index is 11.8. The standard InChI is InChI=1S/C11H16N2O5S/c1-8(2)11(14)7-12-19(17,18)10-5-3-9(4-6-10)13(15)16/h3-6,8,11-12,14H,7H2,1-2H3. The molecule has 1 aromatic carbocycles. The lowest BCUT2D eigenvalue weighted by Gasteiger charge is -2.15. The molecule has 8 heteroatoms. The molecule has 1 rings (SSSR count). The van der Waals surface area contributed by atoms with Gasteiger partial charge in [-0.1, -0.05) is 13.8 Å². The van der Waals surface area contributed by atoms with E-state index in [1.54, 1.807) is 13.8 Å². The summed E-state index contributed by atoms with van der Waals surface area (Å²) in [4.78, 5) is 9.78. The van der Waals surface area contributed by atoms with Crippen LogP contribution in [-0.2, 0) is 10.0 Å². The van der Waals surface area contributed by atoms with Gasteiger partial charge in [0.15, 0.2) is 0 Å². The molecule has 1 atom stereocenters. The summed E-state index contributed by atoms with van der Waals surface area (Å²) in [5.74, 6) is -0.0699. The lowest BCUT2D eigenvalue weighted by Crippen LogP contribution is -2.34. The molecule has 0 fully saturated rings. The highest BCUT2D eigenvalue weighted by atomic mass is 32.2. The Bertz CT molecular complexity index is 539. The second kappa shape index (κ2) is 6.09. The zero-order valence-corrected chi connectivity index (χ0v) is 11.4. The zero-order chi connectivity index (χ0) is 14.6. The van der Waals surface area contributed by atoms with Gasteiger partial charge in [0.2, 0.25) is 10.0 Å².